The molecule has 0 saturated carbocycles. The summed E-state index contributed by atoms with van der Waals surface area (Å²) in [6, 6.07) is -1.85. The third-order valence-corrected chi connectivity index (χ3v) is 2.75. The number of cyclic esters (lactones) is 1. The Morgan fingerprint density at radius 3 is 2.72 bits per heavy atom. The normalized spacial score (nSPS) is 28.8. The van der Waals surface area contributed by atoms with E-state index in [0.717, 1.165) is 4.90 Å². The Labute approximate surface area is 109 Å². The number of ether oxygens (including phenoxy) is 1. The van der Waals surface area contributed by atoms with Crippen LogP contribution in [0.4, 0.5) is 4.79 Å². The Morgan fingerprint density at radius 1 is 1.67 bits per heavy atom. The van der Waals surface area contributed by atoms with E-state index < -0.39 is 29.7 Å². The Hall–Kier alpha value is -1.52. The van der Waals surface area contributed by atoms with Crippen LogP contribution >= 0.6 is 0 Å². The zero-order valence-electron chi connectivity index (χ0n) is 12.1. The van der Waals surface area contributed by atoms with Gasteiger partial charge in [-0.25, -0.2) is 9.59 Å². The molecule has 0 unspecified atom stereocenters. The Bertz CT molecular complexity index is 391. The number of carbonyl (C=O) groups excluding carboxylic acids is 1. The van der Waals surface area contributed by atoms with E-state index in [0.29, 0.717) is 12.8 Å². The van der Waals surface area contributed by atoms with Gasteiger partial charge in [0.25, 0.3) is 0 Å². The summed E-state index contributed by atoms with van der Waals surface area (Å²) in [5, 5.41) is 9.31. The third-order valence-electron chi connectivity index (χ3n) is 2.75. The van der Waals surface area contributed by atoms with Crippen molar-refractivity contribution in [2.24, 2.45) is 5.41 Å². The van der Waals surface area contributed by atoms with Crippen molar-refractivity contribution < 1.29 is 20.8 Å². The minimum Gasteiger partial charge on any atom is -0.465 e. The molecule has 0 bridgehead atoms. The van der Waals surface area contributed by atoms with Gasteiger partial charge in [-0.15, -0.1) is 6.58 Å². The lowest BCUT2D eigenvalue weighted by molar-refractivity contribution is -0.147. The van der Waals surface area contributed by atoms with E-state index in [4.69, 9.17) is 6.11 Å². The fraction of sp³-hybridized carbons (Fsp3) is 0.692. The lowest BCUT2D eigenvalue weighted by Gasteiger charge is -2.32. The molecule has 0 spiro atoms. The van der Waals surface area contributed by atoms with E-state index >= 15 is 0 Å². The number of hydrogen-bond donors (Lipinski definition) is 1. The second kappa shape index (κ2) is 5.42. The maximum atomic E-state index is 11.9. The molecular formula is C13H21NO4. The zero-order valence-corrected chi connectivity index (χ0v) is 11.1. The minimum atomic E-state index is -1.85. The van der Waals surface area contributed by atoms with Crippen LogP contribution in [0, 0.1) is 5.41 Å². The molecule has 1 fully saturated rings. The number of carbonyl (C=O) groups is 2. The van der Waals surface area contributed by atoms with Crippen LogP contribution < -0.4 is 0 Å². The van der Waals surface area contributed by atoms with E-state index in [-0.39, 0.29) is 6.42 Å². The van der Waals surface area contributed by atoms with Gasteiger partial charge >= 0.3 is 12.1 Å². The molecule has 1 N–H and O–H groups in total. The van der Waals surface area contributed by atoms with Gasteiger partial charge in [0.2, 0.25) is 0 Å². The first-order chi connectivity index (χ1) is 8.64. The van der Waals surface area contributed by atoms with Crippen molar-refractivity contribution in [2.75, 3.05) is 0 Å². The van der Waals surface area contributed by atoms with Crippen molar-refractivity contribution >= 4 is 12.1 Å². The molecule has 18 heavy (non-hydrogen) atoms. The molecule has 0 aromatic rings. The molecule has 2 atom stereocenters. The zero-order chi connectivity index (χ0) is 14.8. The molecule has 1 saturated heterocycles. The van der Waals surface area contributed by atoms with Crippen LogP contribution in [0.1, 0.15) is 41.4 Å². The summed E-state index contributed by atoms with van der Waals surface area (Å²) in [6.45, 7) is 8.89. The summed E-state index contributed by atoms with van der Waals surface area (Å²) in [5.41, 5.74) is -0.574. The van der Waals surface area contributed by atoms with Crippen LogP contribution in [-0.2, 0) is 9.53 Å². The van der Waals surface area contributed by atoms with Crippen molar-refractivity contribution in [2.45, 2.75) is 52.3 Å². The number of amides is 1. The quantitative estimate of drug-likeness (QED) is 0.477. The molecule has 5 nitrogen and oxygen atoms in total. The van der Waals surface area contributed by atoms with E-state index in [9.17, 15) is 14.7 Å². The fourth-order valence-electron chi connectivity index (χ4n) is 1.88. The van der Waals surface area contributed by atoms with Gasteiger partial charge in [0.1, 0.15) is 6.02 Å². The lowest BCUT2D eigenvalue weighted by Crippen LogP contribution is -2.47. The highest BCUT2D eigenvalue weighted by molar-refractivity contribution is 5.83. The molecule has 1 aliphatic heterocycles. The highest BCUT2D eigenvalue weighted by Crippen LogP contribution is 2.34. The molecule has 1 heterocycles. The Morgan fingerprint density at radius 2 is 2.28 bits per heavy atom. The monoisotopic (exact) mass is 256 g/mol. The van der Waals surface area contributed by atoms with E-state index in [1.165, 1.54) is 0 Å². The van der Waals surface area contributed by atoms with E-state index in [1.54, 1.807) is 26.8 Å². The van der Waals surface area contributed by atoms with Crippen molar-refractivity contribution in [3.63, 3.8) is 0 Å². The van der Waals surface area contributed by atoms with Crippen molar-refractivity contribution in [3.05, 3.63) is 12.7 Å². The lowest BCUT2D eigenvalue weighted by atomic mass is 9.93. The first kappa shape index (κ1) is 12.9. The molecular weight excluding hydrogens is 234 g/mol. The predicted molar refractivity (Wildman–Crippen MR) is 67.0 cm³/mol. The maximum absolute atomic E-state index is 11.9. The molecule has 5 heteroatoms. The highest BCUT2D eigenvalue weighted by Gasteiger charge is 2.49. The Balaban J connectivity index is 3.04. The van der Waals surface area contributed by atoms with Crippen LogP contribution in [0.15, 0.2) is 12.7 Å². The second-order valence-corrected chi connectivity index (χ2v) is 5.40. The van der Waals surface area contributed by atoms with Crippen LogP contribution in [0.2, 0.25) is 0 Å². The van der Waals surface area contributed by atoms with Crippen LogP contribution in [0.25, 0.3) is 0 Å². The Kier molecular flexibility index (Phi) is 3.89. The topological polar surface area (TPSA) is 66.8 Å². The summed E-state index contributed by atoms with van der Waals surface area (Å²) >= 11 is 0. The van der Waals surface area contributed by atoms with Gasteiger partial charge in [0, 0.05) is 5.41 Å². The number of carboxylic acid groups (broad SMARTS) is 1. The SMILES string of the molecule is [2H][C@]1(CCCC=C)C(=O)O[C@H](C(C)(C)C)N1C(=O)O. The molecule has 1 aliphatic rings. The first-order valence-electron chi connectivity index (χ1n) is 6.49. The van der Waals surface area contributed by atoms with Crippen molar-refractivity contribution in [1.29, 1.82) is 0 Å². The summed E-state index contributed by atoms with van der Waals surface area (Å²) < 4.78 is 13.3. The number of hydrogen-bond acceptors (Lipinski definition) is 3. The van der Waals surface area contributed by atoms with Gasteiger partial charge in [-0.2, -0.15) is 0 Å². The predicted octanol–water partition coefficient (Wildman–Crippen LogP) is 2.62. The molecule has 0 radical (unpaired) electrons. The largest absolute Gasteiger partial charge is 0.465 e. The molecule has 0 aromatic carbocycles. The van der Waals surface area contributed by atoms with Crippen molar-refractivity contribution in [3.8, 4) is 0 Å². The summed E-state index contributed by atoms with van der Waals surface area (Å²) in [5.74, 6) is -0.793. The maximum Gasteiger partial charge on any atom is 0.410 e. The standard InChI is InChI=1S/C13H21NO4/c1-5-6-7-8-9-10(15)18-11(13(2,3)4)14(9)12(16)17/h5,9,11H,1,6-8H2,2-4H3,(H,16,17)/t9-,11+/m0/s1/i9D. The molecule has 102 valence electrons. The third kappa shape index (κ3) is 3.03. The van der Waals surface area contributed by atoms with Gasteiger partial charge in [-0.1, -0.05) is 26.8 Å². The molecule has 1 amide bonds. The highest BCUT2D eigenvalue weighted by atomic mass is 16.6. The molecule has 1 rings (SSSR count). The summed E-state index contributed by atoms with van der Waals surface area (Å²) in [7, 11) is 0. The van der Waals surface area contributed by atoms with Gasteiger partial charge in [-0.05, 0) is 19.3 Å². The minimum absolute atomic E-state index is 0.108. The first-order valence-corrected chi connectivity index (χ1v) is 5.99. The number of unbranched alkanes of at least 4 members (excludes halogenated alkanes) is 1. The van der Waals surface area contributed by atoms with Crippen LogP contribution in [-0.4, -0.2) is 34.3 Å². The van der Waals surface area contributed by atoms with Gasteiger partial charge < -0.3 is 9.84 Å². The van der Waals surface area contributed by atoms with Gasteiger partial charge in [-0.3, -0.25) is 4.90 Å². The van der Waals surface area contributed by atoms with Crippen LogP contribution in [0.5, 0.6) is 0 Å². The average molecular weight is 256 g/mol. The second-order valence-electron chi connectivity index (χ2n) is 5.40. The number of nitrogens with zero attached hydrogens (tertiary/aromatic N) is 1. The van der Waals surface area contributed by atoms with Gasteiger partial charge in [0.15, 0.2) is 6.23 Å². The summed E-state index contributed by atoms with van der Waals surface area (Å²) in [4.78, 5) is 24.2. The fourth-order valence-corrected chi connectivity index (χ4v) is 1.88. The number of esters is 1. The van der Waals surface area contributed by atoms with Crippen molar-refractivity contribution in [1.82, 2.24) is 4.90 Å². The van der Waals surface area contributed by atoms with Gasteiger partial charge in [0.05, 0.1) is 1.37 Å². The van der Waals surface area contributed by atoms with E-state index in [1.807, 2.05) is 0 Å². The molecule has 0 aliphatic carbocycles. The number of rotatable bonds is 4. The smallest absolute Gasteiger partial charge is 0.410 e. The van der Waals surface area contributed by atoms with Crippen LogP contribution in [0.3, 0.4) is 0 Å². The van der Waals surface area contributed by atoms with E-state index in [2.05, 4.69) is 6.58 Å². The summed E-state index contributed by atoms with van der Waals surface area (Å²) in [6.07, 6.45) is 0.690. The molecule has 0 aromatic heterocycles. The number of allylic oxidation sites excluding steroid dienone is 1. The average Bonchev–Trinajstić information content (AvgIpc) is 2.52.